The Morgan fingerprint density at radius 2 is 1.62 bits per heavy atom. The Morgan fingerprint density at radius 3 is 2.27 bits per heavy atom. The second kappa shape index (κ2) is 7.41. The van der Waals surface area contributed by atoms with Gasteiger partial charge in [0.15, 0.2) is 5.76 Å². The molecule has 8 heteroatoms. The number of halogens is 3. The van der Waals surface area contributed by atoms with Crippen molar-refractivity contribution in [3.8, 4) is 11.3 Å². The van der Waals surface area contributed by atoms with Gasteiger partial charge in [-0.05, 0) is 48.5 Å². The van der Waals surface area contributed by atoms with Crippen molar-refractivity contribution in [3.63, 3.8) is 0 Å². The van der Waals surface area contributed by atoms with Crippen LogP contribution in [0.5, 0.6) is 0 Å². The SMILES string of the molecule is O=C(O)c1ccc(Cl)c(NC(=O)c2ccc(-c3cc(Cl)cc(Cl)c3)o2)c1. The molecule has 0 atom stereocenters. The number of nitrogens with one attached hydrogen (secondary N) is 1. The maximum atomic E-state index is 12.4. The molecule has 26 heavy (non-hydrogen) atoms. The molecule has 0 bridgehead atoms. The summed E-state index contributed by atoms with van der Waals surface area (Å²) in [5, 5.41) is 12.6. The van der Waals surface area contributed by atoms with Crippen LogP contribution in [0.2, 0.25) is 15.1 Å². The zero-order valence-electron chi connectivity index (χ0n) is 12.9. The molecule has 0 saturated heterocycles. The minimum Gasteiger partial charge on any atom is -0.478 e. The van der Waals surface area contributed by atoms with Crippen LogP contribution in [0.15, 0.2) is 52.9 Å². The van der Waals surface area contributed by atoms with Gasteiger partial charge in [0.25, 0.3) is 5.91 Å². The third kappa shape index (κ3) is 4.02. The van der Waals surface area contributed by atoms with Crippen molar-refractivity contribution >= 4 is 52.4 Å². The molecular weight excluding hydrogens is 401 g/mol. The number of anilines is 1. The summed E-state index contributed by atoms with van der Waals surface area (Å²) >= 11 is 17.9. The van der Waals surface area contributed by atoms with E-state index in [2.05, 4.69) is 5.32 Å². The lowest BCUT2D eigenvalue weighted by Crippen LogP contribution is -2.12. The fraction of sp³-hybridized carbons (Fsp3) is 0. The predicted molar refractivity (Wildman–Crippen MR) is 101 cm³/mol. The Labute approximate surface area is 163 Å². The van der Waals surface area contributed by atoms with Gasteiger partial charge in [0.05, 0.1) is 16.3 Å². The van der Waals surface area contributed by atoms with Crippen LogP contribution >= 0.6 is 34.8 Å². The Morgan fingerprint density at radius 1 is 0.923 bits per heavy atom. The summed E-state index contributed by atoms with van der Waals surface area (Å²) in [6.45, 7) is 0. The Bertz CT molecular complexity index is 993. The van der Waals surface area contributed by atoms with E-state index in [1.54, 1.807) is 24.3 Å². The van der Waals surface area contributed by atoms with Crippen molar-refractivity contribution in [1.82, 2.24) is 0 Å². The molecule has 0 aliphatic rings. The normalized spacial score (nSPS) is 10.6. The van der Waals surface area contributed by atoms with Gasteiger partial charge in [-0.1, -0.05) is 34.8 Å². The van der Waals surface area contributed by atoms with E-state index in [-0.39, 0.29) is 22.0 Å². The highest BCUT2D eigenvalue weighted by atomic mass is 35.5. The van der Waals surface area contributed by atoms with E-state index in [0.717, 1.165) is 0 Å². The average molecular weight is 411 g/mol. The molecule has 2 aromatic carbocycles. The van der Waals surface area contributed by atoms with Gasteiger partial charge in [-0.15, -0.1) is 0 Å². The van der Waals surface area contributed by atoms with E-state index >= 15 is 0 Å². The van der Waals surface area contributed by atoms with Crippen LogP contribution in [0.4, 0.5) is 5.69 Å². The molecule has 0 spiro atoms. The first-order valence-electron chi connectivity index (χ1n) is 7.24. The number of carbonyl (C=O) groups excluding carboxylic acids is 1. The van der Waals surface area contributed by atoms with Crippen molar-refractivity contribution in [2.45, 2.75) is 0 Å². The number of carboxylic acids is 1. The number of amides is 1. The van der Waals surface area contributed by atoms with Gasteiger partial charge >= 0.3 is 5.97 Å². The number of carboxylic acid groups (broad SMARTS) is 1. The second-order valence-corrected chi connectivity index (χ2v) is 6.56. The number of aromatic carboxylic acids is 1. The lowest BCUT2D eigenvalue weighted by molar-refractivity contribution is 0.0696. The highest BCUT2D eigenvalue weighted by Crippen LogP contribution is 2.29. The molecular formula is C18H10Cl3NO4. The van der Waals surface area contributed by atoms with E-state index < -0.39 is 11.9 Å². The molecule has 5 nitrogen and oxygen atoms in total. The van der Waals surface area contributed by atoms with Crippen molar-refractivity contribution in [3.05, 3.63) is 74.9 Å². The number of hydrogen-bond donors (Lipinski definition) is 2. The molecule has 3 aromatic rings. The van der Waals surface area contributed by atoms with Gasteiger partial charge in [0.2, 0.25) is 0 Å². The zero-order valence-corrected chi connectivity index (χ0v) is 15.2. The van der Waals surface area contributed by atoms with Gasteiger partial charge in [-0.3, -0.25) is 4.79 Å². The summed E-state index contributed by atoms with van der Waals surface area (Å²) in [5.74, 6) is -1.28. The van der Waals surface area contributed by atoms with Gasteiger partial charge in [-0.25, -0.2) is 4.79 Å². The summed E-state index contributed by atoms with van der Waals surface area (Å²) in [5.41, 5.74) is 0.783. The maximum Gasteiger partial charge on any atom is 0.335 e. The first-order valence-corrected chi connectivity index (χ1v) is 8.37. The molecule has 0 aliphatic heterocycles. The summed E-state index contributed by atoms with van der Waals surface area (Å²) in [6, 6.07) is 12.0. The summed E-state index contributed by atoms with van der Waals surface area (Å²) in [4.78, 5) is 23.4. The summed E-state index contributed by atoms with van der Waals surface area (Å²) < 4.78 is 5.54. The summed E-state index contributed by atoms with van der Waals surface area (Å²) in [6.07, 6.45) is 0. The van der Waals surface area contributed by atoms with Gasteiger partial charge < -0.3 is 14.8 Å². The predicted octanol–water partition coefficient (Wildman–Crippen LogP) is 5.86. The second-order valence-electron chi connectivity index (χ2n) is 5.28. The molecule has 0 radical (unpaired) electrons. The average Bonchev–Trinajstić information content (AvgIpc) is 3.06. The smallest absolute Gasteiger partial charge is 0.335 e. The summed E-state index contributed by atoms with van der Waals surface area (Å²) in [7, 11) is 0. The van der Waals surface area contributed by atoms with Gasteiger partial charge in [0, 0.05) is 15.6 Å². The lowest BCUT2D eigenvalue weighted by atomic mass is 10.2. The van der Waals surface area contributed by atoms with E-state index in [4.69, 9.17) is 44.3 Å². The first-order chi connectivity index (χ1) is 12.3. The lowest BCUT2D eigenvalue weighted by Gasteiger charge is -2.07. The molecule has 0 saturated carbocycles. The number of furan rings is 1. The van der Waals surface area contributed by atoms with Gasteiger partial charge in [-0.2, -0.15) is 0 Å². The molecule has 2 N–H and O–H groups in total. The zero-order chi connectivity index (χ0) is 18.8. The minimum absolute atomic E-state index is 0.00148. The van der Waals surface area contributed by atoms with Crippen LogP contribution in [0.3, 0.4) is 0 Å². The molecule has 1 aromatic heterocycles. The Hall–Kier alpha value is -2.47. The number of hydrogen-bond acceptors (Lipinski definition) is 3. The molecule has 0 aliphatic carbocycles. The third-order valence-electron chi connectivity index (χ3n) is 3.44. The van der Waals surface area contributed by atoms with Gasteiger partial charge in [0.1, 0.15) is 5.76 Å². The molecule has 0 unspecified atom stereocenters. The highest BCUT2D eigenvalue weighted by molar-refractivity contribution is 6.35. The third-order valence-corrected chi connectivity index (χ3v) is 4.20. The maximum absolute atomic E-state index is 12.4. The van der Waals surface area contributed by atoms with Crippen LogP contribution < -0.4 is 5.32 Å². The van der Waals surface area contributed by atoms with E-state index in [1.165, 1.54) is 24.3 Å². The Balaban J connectivity index is 1.85. The van der Waals surface area contributed by atoms with Crippen LogP contribution in [-0.2, 0) is 0 Å². The monoisotopic (exact) mass is 409 g/mol. The highest BCUT2D eigenvalue weighted by Gasteiger charge is 2.16. The fourth-order valence-corrected chi connectivity index (χ4v) is 2.94. The van der Waals surface area contributed by atoms with Crippen LogP contribution in [0, 0.1) is 0 Å². The first kappa shape index (κ1) is 18.3. The van der Waals surface area contributed by atoms with Crippen LogP contribution in [0.25, 0.3) is 11.3 Å². The molecule has 0 fully saturated rings. The van der Waals surface area contributed by atoms with E-state index in [1.807, 2.05) is 0 Å². The minimum atomic E-state index is -1.13. The van der Waals surface area contributed by atoms with E-state index in [0.29, 0.717) is 21.4 Å². The number of rotatable bonds is 4. The molecule has 3 rings (SSSR count). The standard InChI is InChI=1S/C18H10Cl3NO4/c19-11-5-10(6-12(20)8-11)15-3-4-16(26-15)17(23)22-14-7-9(18(24)25)1-2-13(14)21/h1-8H,(H,22,23)(H,24,25). The van der Waals surface area contributed by atoms with Crippen molar-refractivity contribution in [1.29, 1.82) is 0 Å². The van der Waals surface area contributed by atoms with Crippen molar-refractivity contribution in [2.24, 2.45) is 0 Å². The topological polar surface area (TPSA) is 79.5 Å². The van der Waals surface area contributed by atoms with E-state index in [9.17, 15) is 9.59 Å². The van der Waals surface area contributed by atoms with Crippen LogP contribution in [0.1, 0.15) is 20.9 Å². The Kier molecular flexibility index (Phi) is 5.23. The van der Waals surface area contributed by atoms with Crippen molar-refractivity contribution < 1.29 is 19.1 Å². The van der Waals surface area contributed by atoms with Crippen LogP contribution in [-0.4, -0.2) is 17.0 Å². The molecule has 1 heterocycles. The largest absolute Gasteiger partial charge is 0.478 e. The fourth-order valence-electron chi connectivity index (χ4n) is 2.25. The number of carbonyl (C=O) groups is 2. The van der Waals surface area contributed by atoms with Crippen molar-refractivity contribution in [2.75, 3.05) is 5.32 Å². The molecule has 132 valence electrons. The molecule has 1 amide bonds. The number of benzene rings is 2. The quantitative estimate of drug-likeness (QED) is 0.565.